The number of rotatable bonds is 2. The van der Waals surface area contributed by atoms with E-state index >= 15 is 0 Å². The third-order valence-corrected chi connectivity index (χ3v) is 4.04. The van der Waals surface area contributed by atoms with Gasteiger partial charge in [0.05, 0.1) is 19.3 Å². The van der Waals surface area contributed by atoms with Crippen LogP contribution < -0.4 is 0 Å². The Bertz CT molecular complexity index is 189. The fourth-order valence-corrected chi connectivity index (χ4v) is 3.02. The van der Waals surface area contributed by atoms with Crippen LogP contribution in [0.15, 0.2) is 0 Å². The lowest BCUT2D eigenvalue weighted by molar-refractivity contribution is -0.0978. The van der Waals surface area contributed by atoms with Crippen LogP contribution in [0.1, 0.15) is 33.6 Å². The zero-order valence-electron chi connectivity index (χ0n) is 9.70. The minimum Gasteiger partial charge on any atom is -0.378 e. The minimum atomic E-state index is 0.728. The standard InChI is InChI=1S/C12H23NO/c1-9(2)12-5-4-6-13(10(12)3)11-7-14-8-11/h9-12H,4-8H2,1-3H3. The fraction of sp³-hybridized carbons (Fsp3) is 1.00. The molecule has 82 valence electrons. The van der Waals surface area contributed by atoms with Gasteiger partial charge in [0.2, 0.25) is 0 Å². The number of hydrogen-bond acceptors (Lipinski definition) is 2. The number of hydrogen-bond donors (Lipinski definition) is 0. The quantitative estimate of drug-likeness (QED) is 0.672. The molecule has 2 atom stereocenters. The van der Waals surface area contributed by atoms with Gasteiger partial charge < -0.3 is 4.74 Å². The van der Waals surface area contributed by atoms with Crippen molar-refractivity contribution in [1.29, 1.82) is 0 Å². The Morgan fingerprint density at radius 1 is 1.29 bits per heavy atom. The predicted octanol–water partition coefficient (Wildman–Crippen LogP) is 2.14. The van der Waals surface area contributed by atoms with E-state index in [2.05, 4.69) is 25.7 Å². The normalized spacial score (nSPS) is 36.0. The van der Waals surface area contributed by atoms with E-state index in [4.69, 9.17) is 4.74 Å². The van der Waals surface area contributed by atoms with Gasteiger partial charge in [-0.3, -0.25) is 4.90 Å². The lowest BCUT2D eigenvalue weighted by atomic mass is 9.81. The molecule has 0 spiro atoms. The lowest BCUT2D eigenvalue weighted by Crippen LogP contribution is -2.57. The van der Waals surface area contributed by atoms with Crippen molar-refractivity contribution in [2.24, 2.45) is 11.8 Å². The Hall–Kier alpha value is -0.0800. The highest BCUT2D eigenvalue weighted by atomic mass is 16.5. The zero-order valence-corrected chi connectivity index (χ0v) is 9.70. The number of piperidine rings is 1. The molecule has 2 nitrogen and oxygen atoms in total. The van der Waals surface area contributed by atoms with Gasteiger partial charge in [-0.05, 0) is 38.1 Å². The summed E-state index contributed by atoms with van der Waals surface area (Å²) in [5.74, 6) is 1.72. The maximum atomic E-state index is 5.29. The molecule has 0 saturated carbocycles. The van der Waals surface area contributed by atoms with E-state index in [1.807, 2.05) is 0 Å². The summed E-state index contributed by atoms with van der Waals surface area (Å²) >= 11 is 0. The minimum absolute atomic E-state index is 0.728. The SMILES string of the molecule is CC(C)C1CCCN(C2COC2)C1C. The van der Waals surface area contributed by atoms with Crippen molar-refractivity contribution in [3.05, 3.63) is 0 Å². The van der Waals surface area contributed by atoms with Crippen LogP contribution in [0, 0.1) is 11.8 Å². The van der Waals surface area contributed by atoms with Crippen molar-refractivity contribution < 1.29 is 4.74 Å². The zero-order chi connectivity index (χ0) is 10.1. The molecule has 2 aliphatic rings. The van der Waals surface area contributed by atoms with Gasteiger partial charge in [0.25, 0.3) is 0 Å². The van der Waals surface area contributed by atoms with Crippen molar-refractivity contribution in [3.63, 3.8) is 0 Å². The summed E-state index contributed by atoms with van der Waals surface area (Å²) in [5.41, 5.74) is 0. The molecule has 0 radical (unpaired) electrons. The van der Waals surface area contributed by atoms with Crippen molar-refractivity contribution >= 4 is 0 Å². The molecule has 0 N–H and O–H groups in total. The Labute approximate surface area is 87.6 Å². The molecule has 2 heteroatoms. The van der Waals surface area contributed by atoms with Crippen LogP contribution in [0.5, 0.6) is 0 Å². The van der Waals surface area contributed by atoms with E-state index in [0.29, 0.717) is 0 Å². The van der Waals surface area contributed by atoms with Gasteiger partial charge >= 0.3 is 0 Å². The second-order valence-corrected chi connectivity index (χ2v) is 5.22. The van der Waals surface area contributed by atoms with E-state index in [0.717, 1.165) is 37.1 Å². The summed E-state index contributed by atoms with van der Waals surface area (Å²) in [6.07, 6.45) is 2.80. The van der Waals surface area contributed by atoms with Crippen LogP contribution in [0.25, 0.3) is 0 Å². The van der Waals surface area contributed by atoms with Crippen molar-refractivity contribution in [2.75, 3.05) is 19.8 Å². The molecule has 2 heterocycles. The molecule has 2 saturated heterocycles. The summed E-state index contributed by atoms with van der Waals surface area (Å²) < 4.78 is 5.29. The molecule has 0 aliphatic carbocycles. The molecule has 2 fully saturated rings. The predicted molar refractivity (Wildman–Crippen MR) is 58.3 cm³/mol. The fourth-order valence-electron chi connectivity index (χ4n) is 3.02. The molecule has 2 rings (SSSR count). The van der Waals surface area contributed by atoms with E-state index in [1.54, 1.807) is 0 Å². The largest absolute Gasteiger partial charge is 0.378 e. The molecular formula is C12H23NO. The van der Waals surface area contributed by atoms with Crippen LogP contribution in [-0.4, -0.2) is 36.7 Å². The summed E-state index contributed by atoms with van der Waals surface area (Å²) in [4.78, 5) is 2.68. The van der Waals surface area contributed by atoms with Gasteiger partial charge in [0.1, 0.15) is 0 Å². The second kappa shape index (κ2) is 4.19. The van der Waals surface area contributed by atoms with E-state index < -0.39 is 0 Å². The van der Waals surface area contributed by atoms with Crippen LogP contribution in [0.4, 0.5) is 0 Å². The van der Waals surface area contributed by atoms with Gasteiger partial charge in [0, 0.05) is 6.04 Å². The van der Waals surface area contributed by atoms with Crippen molar-refractivity contribution in [2.45, 2.75) is 45.7 Å². The molecule has 2 aliphatic heterocycles. The third kappa shape index (κ3) is 1.82. The van der Waals surface area contributed by atoms with Gasteiger partial charge in [-0.15, -0.1) is 0 Å². The number of likely N-dealkylation sites (tertiary alicyclic amines) is 1. The maximum Gasteiger partial charge on any atom is 0.0645 e. The molecule has 0 aromatic heterocycles. The monoisotopic (exact) mass is 197 g/mol. The van der Waals surface area contributed by atoms with Crippen LogP contribution in [0.2, 0.25) is 0 Å². The molecule has 0 aromatic carbocycles. The smallest absolute Gasteiger partial charge is 0.0645 e. The number of ether oxygens (including phenoxy) is 1. The van der Waals surface area contributed by atoms with Crippen LogP contribution in [-0.2, 0) is 4.74 Å². The van der Waals surface area contributed by atoms with Crippen LogP contribution >= 0.6 is 0 Å². The first-order chi connectivity index (χ1) is 6.70. The topological polar surface area (TPSA) is 12.5 Å². The Morgan fingerprint density at radius 2 is 2.00 bits per heavy atom. The molecular weight excluding hydrogens is 174 g/mol. The van der Waals surface area contributed by atoms with Crippen molar-refractivity contribution in [3.8, 4) is 0 Å². The molecule has 2 unspecified atom stereocenters. The molecule has 0 amide bonds. The highest BCUT2D eigenvalue weighted by molar-refractivity contribution is 4.89. The van der Waals surface area contributed by atoms with Gasteiger partial charge in [0.15, 0.2) is 0 Å². The lowest BCUT2D eigenvalue weighted by Gasteiger charge is -2.47. The molecule has 0 bridgehead atoms. The molecule has 14 heavy (non-hydrogen) atoms. The van der Waals surface area contributed by atoms with Gasteiger partial charge in [-0.25, -0.2) is 0 Å². The van der Waals surface area contributed by atoms with Crippen molar-refractivity contribution in [1.82, 2.24) is 4.90 Å². The van der Waals surface area contributed by atoms with E-state index in [9.17, 15) is 0 Å². The Balaban J connectivity index is 1.96. The Kier molecular flexibility index (Phi) is 3.13. The first-order valence-corrected chi connectivity index (χ1v) is 6.03. The summed E-state index contributed by atoms with van der Waals surface area (Å²) in [5, 5.41) is 0. The average Bonchev–Trinajstić information content (AvgIpc) is 2.04. The summed E-state index contributed by atoms with van der Waals surface area (Å²) in [7, 11) is 0. The summed E-state index contributed by atoms with van der Waals surface area (Å²) in [6.45, 7) is 10.4. The summed E-state index contributed by atoms with van der Waals surface area (Å²) in [6, 6.07) is 1.49. The third-order valence-electron chi connectivity index (χ3n) is 4.04. The highest BCUT2D eigenvalue weighted by Crippen LogP contribution is 2.31. The first kappa shape index (κ1) is 10.4. The molecule has 0 aromatic rings. The van der Waals surface area contributed by atoms with E-state index in [-0.39, 0.29) is 0 Å². The maximum absolute atomic E-state index is 5.29. The Morgan fingerprint density at radius 3 is 2.50 bits per heavy atom. The van der Waals surface area contributed by atoms with Gasteiger partial charge in [-0.1, -0.05) is 13.8 Å². The van der Waals surface area contributed by atoms with Gasteiger partial charge in [-0.2, -0.15) is 0 Å². The second-order valence-electron chi connectivity index (χ2n) is 5.22. The van der Waals surface area contributed by atoms with Crippen LogP contribution in [0.3, 0.4) is 0 Å². The highest BCUT2D eigenvalue weighted by Gasteiger charge is 2.36. The number of nitrogens with zero attached hydrogens (tertiary/aromatic N) is 1. The first-order valence-electron chi connectivity index (χ1n) is 6.03. The average molecular weight is 197 g/mol. The van der Waals surface area contributed by atoms with E-state index in [1.165, 1.54) is 19.4 Å².